The third-order valence-corrected chi connectivity index (χ3v) is 7.95. The molecule has 0 fully saturated rings. The first-order valence-corrected chi connectivity index (χ1v) is 14.4. The Morgan fingerprint density at radius 3 is 1.36 bits per heavy atom. The molecular weight excluding hydrogens is 516 g/mol. The highest BCUT2D eigenvalue weighted by Gasteiger charge is 2.41. The normalized spacial score (nSPS) is 13.1. The Kier molecular flexibility index (Phi) is 6.65. The van der Waals surface area contributed by atoms with E-state index in [1.54, 1.807) is 0 Å². The largest absolute Gasteiger partial charge is 0.340 e. The van der Waals surface area contributed by atoms with Crippen molar-refractivity contribution in [1.82, 2.24) is 9.97 Å². The van der Waals surface area contributed by atoms with E-state index in [0.717, 1.165) is 34.0 Å². The summed E-state index contributed by atoms with van der Waals surface area (Å²) in [7, 11) is 0. The van der Waals surface area contributed by atoms with Crippen LogP contribution >= 0.6 is 0 Å². The first-order valence-electron chi connectivity index (χ1n) is 14.4. The lowest BCUT2D eigenvalue weighted by atomic mass is 10.0. The molecule has 0 saturated heterocycles. The third-order valence-electron chi connectivity index (χ3n) is 7.95. The average Bonchev–Trinajstić information content (AvgIpc) is 3.33. The molecule has 0 aliphatic carbocycles. The highest BCUT2D eigenvalue weighted by molar-refractivity contribution is 5.89. The summed E-state index contributed by atoms with van der Waals surface area (Å²) in [6.45, 7) is 6.86. The van der Waals surface area contributed by atoms with Crippen molar-refractivity contribution in [2.24, 2.45) is 0 Å². The van der Waals surface area contributed by atoms with Crippen LogP contribution in [0.1, 0.15) is 18.1 Å². The van der Waals surface area contributed by atoms with Crippen LogP contribution in [0.15, 0.2) is 121 Å². The molecule has 5 aromatic carbocycles. The van der Waals surface area contributed by atoms with Gasteiger partial charge in [0, 0.05) is 18.0 Å². The molecule has 0 saturated carbocycles. The molecule has 1 aromatic heterocycles. The zero-order chi connectivity index (χ0) is 28.6. The molecule has 6 aromatic rings. The smallest absolute Gasteiger partial charge is 0.221 e. The van der Waals surface area contributed by atoms with Crippen molar-refractivity contribution in [3.8, 4) is 22.3 Å². The Bertz CT molecular complexity index is 1750. The molecule has 0 unspecified atom stereocenters. The maximum atomic E-state index is 6.49. The highest BCUT2D eigenvalue weighted by atomic mass is 16.5. The van der Waals surface area contributed by atoms with Crippen LogP contribution in [0.2, 0.25) is 0 Å². The van der Waals surface area contributed by atoms with E-state index in [1.807, 2.05) is 31.2 Å². The zero-order valence-electron chi connectivity index (χ0n) is 24.0. The van der Waals surface area contributed by atoms with Crippen molar-refractivity contribution in [3.05, 3.63) is 132 Å². The van der Waals surface area contributed by atoms with E-state index in [1.165, 1.54) is 33.4 Å². The summed E-state index contributed by atoms with van der Waals surface area (Å²) in [6.07, 6.45) is -0.449. The monoisotopic (exact) mass is 548 g/mol. The summed E-state index contributed by atoms with van der Waals surface area (Å²) in [5.74, 6) is 1.55. The molecule has 5 heteroatoms. The Morgan fingerprint density at radius 1 is 0.548 bits per heavy atom. The fourth-order valence-corrected chi connectivity index (χ4v) is 5.82. The number of hydrogen-bond acceptors (Lipinski definition) is 5. The van der Waals surface area contributed by atoms with Gasteiger partial charge in [-0.15, -0.1) is 0 Å². The molecule has 5 nitrogen and oxygen atoms in total. The molecule has 42 heavy (non-hydrogen) atoms. The first-order chi connectivity index (χ1) is 20.6. The Labute approximate surface area is 246 Å². The van der Waals surface area contributed by atoms with Gasteiger partial charge in [0.15, 0.2) is 11.6 Å². The van der Waals surface area contributed by atoms with Gasteiger partial charge >= 0.3 is 0 Å². The van der Waals surface area contributed by atoms with Crippen molar-refractivity contribution in [1.29, 1.82) is 0 Å². The molecule has 206 valence electrons. The van der Waals surface area contributed by atoms with Crippen LogP contribution < -0.4 is 9.80 Å². The van der Waals surface area contributed by atoms with Gasteiger partial charge in [-0.05, 0) is 90.6 Å². The third kappa shape index (κ3) is 4.48. The van der Waals surface area contributed by atoms with Crippen molar-refractivity contribution in [2.45, 2.75) is 27.1 Å². The number of benzene rings is 5. The molecule has 1 aliphatic rings. The predicted molar refractivity (Wildman–Crippen MR) is 172 cm³/mol. The summed E-state index contributed by atoms with van der Waals surface area (Å²) in [4.78, 5) is 14.6. The molecule has 0 N–H and O–H groups in total. The molecule has 0 atom stereocenters. The second-order valence-electron chi connectivity index (χ2n) is 10.6. The highest BCUT2D eigenvalue weighted by Crippen LogP contribution is 2.47. The number of anilines is 4. The van der Waals surface area contributed by atoms with E-state index in [4.69, 9.17) is 14.7 Å². The van der Waals surface area contributed by atoms with Gasteiger partial charge in [-0.3, -0.25) is 9.80 Å². The van der Waals surface area contributed by atoms with Crippen LogP contribution in [0.3, 0.4) is 0 Å². The molecular formula is C37H32N4O. The molecule has 0 amide bonds. The second-order valence-corrected chi connectivity index (χ2v) is 10.6. The minimum Gasteiger partial charge on any atom is -0.340 e. The van der Waals surface area contributed by atoms with Crippen LogP contribution in [0, 0.1) is 13.8 Å². The first kappa shape index (κ1) is 25.9. The summed E-state index contributed by atoms with van der Waals surface area (Å²) in [6, 6.07) is 42.3. The van der Waals surface area contributed by atoms with Gasteiger partial charge in [-0.1, -0.05) is 84.9 Å². The molecule has 7 rings (SSSR count). The molecule has 0 bridgehead atoms. The summed E-state index contributed by atoms with van der Waals surface area (Å²) in [5.41, 5.74) is 11.0. The number of nitrogens with zero attached hydrogens (tertiary/aromatic N) is 4. The van der Waals surface area contributed by atoms with E-state index >= 15 is 0 Å². The second kappa shape index (κ2) is 10.8. The number of rotatable bonds is 6. The Hall–Kier alpha value is -5.00. The summed E-state index contributed by atoms with van der Waals surface area (Å²) < 4.78 is 6.49. The maximum Gasteiger partial charge on any atom is 0.221 e. The molecule has 0 radical (unpaired) electrons. The lowest BCUT2D eigenvalue weighted by Crippen LogP contribution is -2.40. The van der Waals surface area contributed by atoms with Gasteiger partial charge in [-0.25, -0.2) is 9.97 Å². The van der Waals surface area contributed by atoms with Gasteiger partial charge < -0.3 is 4.74 Å². The fourth-order valence-electron chi connectivity index (χ4n) is 5.82. The van der Waals surface area contributed by atoms with E-state index < -0.39 is 6.35 Å². The molecule has 2 heterocycles. The quantitative estimate of drug-likeness (QED) is 0.208. The zero-order valence-corrected chi connectivity index (χ0v) is 24.0. The van der Waals surface area contributed by atoms with Crippen LogP contribution in [-0.4, -0.2) is 22.9 Å². The number of aryl methyl sites for hydroxylation is 2. The van der Waals surface area contributed by atoms with Crippen molar-refractivity contribution in [3.63, 3.8) is 0 Å². The Morgan fingerprint density at radius 2 is 0.952 bits per heavy atom. The number of fused-ring (bicyclic) bond motifs is 2. The summed E-state index contributed by atoms with van der Waals surface area (Å²) in [5, 5.41) is 0. The number of aromatic nitrogens is 2. The predicted octanol–water partition coefficient (Wildman–Crippen LogP) is 9.19. The molecule has 0 spiro atoms. The molecule has 1 aliphatic heterocycles. The minimum absolute atomic E-state index is 0.449. The van der Waals surface area contributed by atoms with Crippen LogP contribution in [0.5, 0.6) is 0 Å². The van der Waals surface area contributed by atoms with Gasteiger partial charge in [0.05, 0.1) is 11.0 Å². The van der Waals surface area contributed by atoms with E-state index in [0.29, 0.717) is 6.61 Å². The number of ether oxygens (including phenoxy) is 1. The van der Waals surface area contributed by atoms with E-state index in [9.17, 15) is 0 Å². The summed E-state index contributed by atoms with van der Waals surface area (Å²) >= 11 is 0. The van der Waals surface area contributed by atoms with Crippen LogP contribution in [0.25, 0.3) is 33.3 Å². The topological polar surface area (TPSA) is 41.5 Å². The lowest BCUT2D eigenvalue weighted by Gasteiger charge is -2.31. The van der Waals surface area contributed by atoms with Crippen molar-refractivity contribution >= 4 is 34.0 Å². The van der Waals surface area contributed by atoms with Gasteiger partial charge in [0.2, 0.25) is 6.35 Å². The van der Waals surface area contributed by atoms with Crippen molar-refractivity contribution in [2.75, 3.05) is 16.4 Å². The average molecular weight is 549 g/mol. The lowest BCUT2D eigenvalue weighted by molar-refractivity contribution is 0.0767. The number of hydrogen-bond donors (Lipinski definition) is 0. The van der Waals surface area contributed by atoms with Crippen LogP contribution in [-0.2, 0) is 4.74 Å². The van der Waals surface area contributed by atoms with Gasteiger partial charge in [-0.2, -0.15) is 0 Å². The fraction of sp³-hybridized carbons (Fsp3) is 0.135. The number of para-hydroxylation sites is 2. The maximum absolute atomic E-state index is 6.49. The Balaban J connectivity index is 1.35. The minimum atomic E-state index is -0.449. The van der Waals surface area contributed by atoms with E-state index in [2.05, 4.69) is 121 Å². The van der Waals surface area contributed by atoms with E-state index in [-0.39, 0.29) is 0 Å². The van der Waals surface area contributed by atoms with Gasteiger partial charge in [0.1, 0.15) is 0 Å². The standard InChI is InChI=1S/C37H32N4O/c1-4-42-37-40(29-21-17-27(18-22-29)31-13-7-5-11-25(31)2)35-36(39-34-16-10-9-15-33(34)38-35)41(37)30-23-19-28(20-24-30)32-14-8-6-12-26(32)3/h5-24,37H,4H2,1-3H3. The SMILES string of the molecule is CCOC1N(c2ccc(-c3ccccc3C)cc2)c2nc3ccccc3nc2N1c1ccc(-c2ccccc2C)cc1. The van der Waals surface area contributed by atoms with Gasteiger partial charge in [0.25, 0.3) is 0 Å². The van der Waals surface area contributed by atoms with Crippen molar-refractivity contribution < 1.29 is 4.74 Å². The van der Waals surface area contributed by atoms with Crippen LogP contribution in [0.4, 0.5) is 23.0 Å².